The van der Waals surface area contributed by atoms with E-state index in [1.54, 1.807) is 24.3 Å². The van der Waals surface area contributed by atoms with Crippen LogP contribution < -0.4 is 15.4 Å². The molecule has 7 heteroatoms. The molecule has 2 aromatic rings. The first kappa shape index (κ1) is 25.5. The predicted octanol–water partition coefficient (Wildman–Crippen LogP) is 4.98. The van der Waals surface area contributed by atoms with E-state index in [-0.39, 0.29) is 17.5 Å². The molecule has 0 unspecified atom stereocenters. The fourth-order valence-electron chi connectivity index (χ4n) is 4.93. The van der Waals surface area contributed by atoms with Gasteiger partial charge >= 0.3 is 5.97 Å². The number of benzene rings is 2. The number of rotatable bonds is 9. The molecule has 0 saturated heterocycles. The predicted molar refractivity (Wildman–Crippen MR) is 138 cm³/mol. The van der Waals surface area contributed by atoms with Gasteiger partial charge in [0.15, 0.2) is 0 Å². The number of hydrogen-bond donors (Lipinski definition) is 3. The number of halogens is 1. The Balaban J connectivity index is 0.00000149. The van der Waals surface area contributed by atoms with Crippen molar-refractivity contribution in [3.63, 3.8) is 0 Å². The van der Waals surface area contributed by atoms with Gasteiger partial charge in [0, 0.05) is 6.54 Å². The van der Waals surface area contributed by atoms with Crippen molar-refractivity contribution in [1.29, 1.82) is 0 Å². The monoisotopic (exact) mass is 564 g/mol. The Morgan fingerprint density at radius 3 is 2.24 bits per heavy atom. The summed E-state index contributed by atoms with van der Waals surface area (Å²) in [5, 5.41) is 15.7. The van der Waals surface area contributed by atoms with Gasteiger partial charge in [0.1, 0.15) is 12.4 Å². The zero-order chi connectivity index (χ0) is 23.9. The standard InChI is InChI=1S/C25H30N2O4.CH3I/c1-18(19-8-10-20(11-9-19)22(28)29)27-23(30)25(16-24(17-25)12-5-13-24)26-14-15-31-21-6-3-2-4-7-21;1-2/h2-4,6-11,18,26H,5,12-17H2,1H3,(H,27,30)(H,28,29);1H3/t18-;/m0./s1. The molecule has 178 valence electrons. The van der Waals surface area contributed by atoms with Crippen LogP contribution in [0.4, 0.5) is 0 Å². The van der Waals surface area contributed by atoms with Gasteiger partial charge in [0.2, 0.25) is 5.91 Å². The Morgan fingerprint density at radius 2 is 1.70 bits per heavy atom. The zero-order valence-electron chi connectivity index (χ0n) is 19.3. The first-order valence-corrected chi connectivity index (χ1v) is 13.5. The second kappa shape index (κ2) is 11.3. The number of carbonyl (C=O) groups is 2. The van der Waals surface area contributed by atoms with Gasteiger partial charge in [0.05, 0.1) is 17.1 Å². The molecule has 2 aliphatic rings. The quantitative estimate of drug-likeness (QED) is 0.227. The molecule has 6 nitrogen and oxygen atoms in total. The van der Waals surface area contributed by atoms with E-state index in [9.17, 15) is 9.59 Å². The third kappa shape index (κ3) is 6.06. The molecule has 2 saturated carbocycles. The van der Waals surface area contributed by atoms with Crippen molar-refractivity contribution < 1.29 is 19.4 Å². The van der Waals surface area contributed by atoms with Gasteiger partial charge in [-0.25, -0.2) is 4.79 Å². The summed E-state index contributed by atoms with van der Waals surface area (Å²) in [6.45, 7) is 3.02. The molecule has 0 heterocycles. The average Bonchev–Trinajstić information content (AvgIpc) is 2.78. The van der Waals surface area contributed by atoms with Gasteiger partial charge in [-0.15, -0.1) is 0 Å². The second-order valence-electron chi connectivity index (χ2n) is 9.00. The lowest BCUT2D eigenvalue weighted by molar-refractivity contribution is -0.145. The van der Waals surface area contributed by atoms with E-state index in [1.807, 2.05) is 42.2 Å². The van der Waals surface area contributed by atoms with Gasteiger partial charge in [-0.05, 0) is 72.8 Å². The number of nitrogens with one attached hydrogen (secondary N) is 2. The summed E-state index contributed by atoms with van der Waals surface area (Å²) < 4.78 is 5.78. The minimum absolute atomic E-state index is 0.0135. The summed E-state index contributed by atoms with van der Waals surface area (Å²) in [5.41, 5.74) is 0.899. The molecule has 0 bridgehead atoms. The van der Waals surface area contributed by atoms with E-state index in [4.69, 9.17) is 9.84 Å². The molecule has 33 heavy (non-hydrogen) atoms. The molecular weight excluding hydrogens is 531 g/mol. The summed E-state index contributed by atoms with van der Waals surface area (Å²) in [6.07, 6.45) is 5.39. The fraction of sp³-hybridized carbons (Fsp3) is 0.462. The number of alkyl halides is 1. The van der Waals surface area contributed by atoms with Crippen LogP contribution >= 0.6 is 22.6 Å². The van der Waals surface area contributed by atoms with Crippen LogP contribution in [0.1, 0.15) is 61.0 Å². The van der Waals surface area contributed by atoms with Crippen LogP contribution in [0, 0.1) is 5.41 Å². The summed E-state index contributed by atoms with van der Waals surface area (Å²) >= 11 is 2.15. The number of carbonyl (C=O) groups excluding carboxylic acids is 1. The van der Waals surface area contributed by atoms with E-state index < -0.39 is 11.5 Å². The average molecular weight is 564 g/mol. The number of amides is 1. The summed E-state index contributed by atoms with van der Waals surface area (Å²) in [6, 6.07) is 16.1. The summed E-state index contributed by atoms with van der Waals surface area (Å²) in [5.74, 6) is -0.116. The summed E-state index contributed by atoms with van der Waals surface area (Å²) in [7, 11) is 0. The minimum Gasteiger partial charge on any atom is -0.492 e. The van der Waals surface area contributed by atoms with Crippen LogP contribution in [-0.2, 0) is 4.79 Å². The third-order valence-electron chi connectivity index (χ3n) is 6.79. The van der Waals surface area contributed by atoms with E-state index in [1.165, 1.54) is 19.3 Å². The van der Waals surface area contributed by atoms with Crippen LogP contribution in [0.2, 0.25) is 0 Å². The Hall–Kier alpha value is -2.13. The Bertz CT molecular complexity index is 921. The highest BCUT2D eigenvalue weighted by molar-refractivity contribution is 14.1. The number of ether oxygens (including phenoxy) is 1. The molecule has 1 spiro atoms. The van der Waals surface area contributed by atoms with Gasteiger partial charge in [0.25, 0.3) is 0 Å². The molecule has 1 amide bonds. The zero-order valence-corrected chi connectivity index (χ0v) is 21.4. The van der Waals surface area contributed by atoms with Crippen LogP contribution in [0.25, 0.3) is 0 Å². The molecule has 1 atom stereocenters. The smallest absolute Gasteiger partial charge is 0.335 e. The SMILES string of the molecule is CI.C[C@H](NC(=O)C1(NCCOc2ccccc2)CC2(CCC2)C1)c1ccc(C(=O)O)cc1. The van der Waals surface area contributed by atoms with Crippen molar-refractivity contribution in [3.05, 3.63) is 65.7 Å². The molecule has 2 aliphatic carbocycles. The lowest BCUT2D eigenvalue weighted by Crippen LogP contribution is -2.69. The molecular formula is C26H33IN2O4. The van der Waals surface area contributed by atoms with E-state index >= 15 is 0 Å². The van der Waals surface area contributed by atoms with E-state index in [2.05, 4.69) is 33.2 Å². The molecule has 0 radical (unpaired) electrons. The number of aromatic carboxylic acids is 1. The van der Waals surface area contributed by atoms with Crippen LogP contribution in [0.15, 0.2) is 54.6 Å². The van der Waals surface area contributed by atoms with E-state index in [0.29, 0.717) is 18.6 Å². The van der Waals surface area contributed by atoms with Crippen LogP contribution in [0.3, 0.4) is 0 Å². The Kier molecular flexibility index (Phi) is 8.75. The highest BCUT2D eigenvalue weighted by Crippen LogP contribution is 2.60. The van der Waals surface area contributed by atoms with Crippen LogP contribution in [0.5, 0.6) is 5.75 Å². The number of carboxylic acids is 1. The topological polar surface area (TPSA) is 87.7 Å². The minimum atomic E-state index is -0.954. The van der Waals surface area contributed by atoms with Gasteiger partial charge in [-0.2, -0.15) is 0 Å². The van der Waals surface area contributed by atoms with Crippen molar-refractivity contribution in [3.8, 4) is 5.75 Å². The molecule has 2 aromatic carbocycles. The molecule has 0 aromatic heterocycles. The Morgan fingerprint density at radius 1 is 1.06 bits per heavy atom. The maximum absolute atomic E-state index is 13.3. The molecule has 4 rings (SSSR count). The third-order valence-corrected chi connectivity index (χ3v) is 6.79. The number of carboxylic acid groups (broad SMARTS) is 1. The fourth-order valence-corrected chi connectivity index (χ4v) is 4.93. The molecule has 3 N–H and O–H groups in total. The second-order valence-corrected chi connectivity index (χ2v) is 9.00. The van der Waals surface area contributed by atoms with Crippen molar-refractivity contribution in [2.45, 2.75) is 50.6 Å². The van der Waals surface area contributed by atoms with Crippen molar-refractivity contribution in [1.82, 2.24) is 10.6 Å². The largest absolute Gasteiger partial charge is 0.492 e. The van der Waals surface area contributed by atoms with Crippen molar-refractivity contribution >= 4 is 34.5 Å². The number of hydrogen-bond acceptors (Lipinski definition) is 4. The highest BCUT2D eigenvalue weighted by Gasteiger charge is 2.60. The lowest BCUT2D eigenvalue weighted by atomic mass is 9.48. The van der Waals surface area contributed by atoms with Crippen molar-refractivity contribution in [2.24, 2.45) is 5.41 Å². The lowest BCUT2D eigenvalue weighted by Gasteiger charge is -2.60. The van der Waals surface area contributed by atoms with E-state index in [0.717, 1.165) is 24.2 Å². The maximum Gasteiger partial charge on any atom is 0.335 e. The first-order valence-electron chi connectivity index (χ1n) is 11.4. The first-order chi connectivity index (χ1) is 15.9. The maximum atomic E-state index is 13.3. The normalized spacial score (nSPS) is 18.0. The number of para-hydroxylation sites is 1. The molecule has 2 fully saturated rings. The Labute approximate surface area is 209 Å². The van der Waals surface area contributed by atoms with Gasteiger partial charge in [-0.1, -0.05) is 59.3 Å². The van der Waals surface area contributed by atoms with Crippen molar-refractivity contribution in [2.75, 3.05) is 18.1 Å². The van der Waals surface area contributed by atoms with Crippen LogP contribution in [-0.4, -0.2) is 40.6 Å². The van der Waals surface area contributed by atoms with Gasteiger partial charge < -0.3 is 15.2 Å². The summed E-state index contributed by atoms with van der Waals surface area (Å²) in [4.78, 5) is 26.3. The van der Waals surface area contributed by atoms with Gasteiger partial charge in [-0.3, -0.25) is 10.1 Å². The molecule has 0 aliphatic heterocycles. The highest BCUT2D eigenvalue weighted by atomic mass is 127.